The quantitative estimate of drug-likeness (QED) is 0.498. The first-order chi connectivity index (χ1) is 16.4. The highest BCUT2D eigenvalue weighted by atomic mass is 32.1. The summed E-state index contributed by atoms with van der Waals surface area (Å²) in [5.74, 6) is -1.87. The van der Waals surface area contributed by atoms with Crippen molar-refractivity contribution in [3.8, 4) is 0 Å². The Labute approximate surface area is 200 Å². The summed E-state index contributed by atoms with van der Waals surface area (Å²) < 4.78 is 19.6. The first-order valence-corrected chi connectivity index (χ1v) is 12.1. The van der Waals surface area contributed by atoms with Crippen LogP contribution in [0.4, 0.5) is 10.1 Å². The molecule has 0 saturated heterocycles. The molecule has 2 N–H and O–H groups in total. The summed E-state index contributed by atoms with van der Waals surface area (Å²) in [6.45, 7) is 1.23. The van der Waals surface area contributed by atoms with Crippen LogP contribution in [0.25, 0.3) is 0 Å². The number of aryl methyl sites for hydroxylation is 1. The normalized spacial score (nSPS) is 14.5. The second-order valence-electron chi connectivity index (χ2n) is 8.27. The number of nitrogens with zero attached hydrogens (tertiary/aromatic N) is 1. The van der Waals surface area contributed by atoms with Gasteiger partial charge in [-0.2, -0.15) is 0 Å². The minimum atomic E-state index is -1.00. The minimum Gasteiger partial charge on any atom is -0.459 e. The van der Waals surface area contributed by atoms with Crippen molar-refractivity contribution in [1.82, 2.24) is 10.6 Å². The number of rotatable bonds is 8. The Morgan fingerprint density at radius 1 is 1.18 bits per heavy atom. The Hall–Kier alpha value is -3.46. The Morgan fingerprint density at radius 2 is 1.97 bits per heavy atom. The molecule has 1 aromatic carbocycles. The zero-order valence-corrected chi connectivity index (χ0v) is 19.6. The highest BCUT2D eigenvalue weighted by Crippen LogP contribution is 2.32. The molecule has 34 heavy (non-hydrogen) atoms. The lowest BCUT2D eigenvalue weighted by Gasteiger charge is -2.31. The van der Waals surface area contributed by atoms with Crippen LogP contribution in [0.2, 0.25) is 0 Å². The van der Waals surface area contributed by atoms with Gasteiger partial charge in [-0.25, -0.2) is 4.39 Å². The fourth-order valence-corrected chi connectivity index (χ4v) is 4.89. The van der Waals surface area contributed by atoms with Gasteiger partial charge >= 0.3 is 0 Å². The van der Waals surface area contributed by atoms with Crippen molar-refractivity contribution in [3.63, 3.8) is 0 Å². The van der Waals surface area contributed by atoms with E-state index in [-0.39, 0.29) is 23.4 Å². The molecule has 2 aromatic heterocycles. The number of furan rings is 1. The topological polar surface area (TPSA) is 91.7 Å². The van der Waals surface area contributed by atoms with E-state index < -0.39 is 30.2 Å². The molecule has 0 aliphatic heterocycles. The molecule has 9 heteroatoms. The summed E-state index contributed by atoms with van der Waals surface area (Å²) in [6.07, 6.45) is 5.21. The molecule has 1 fully saturated rings. The van der Waals surface area contributed by atoms with E-state index in [9.17, 15) is 18.8 Å². The molecule has 1 saturated carbocycles. The molecule has 0 unspecified atom stereocenters. The first kappa shape index (κ1) is 23.7. The van der Waals surface area contributed by atoms with Gasteiger partial charge in [-0.3, -0.25) is 19.3 Å². The largest absolute Gasteiger partial charge is 0.459 e. The molecule has 1 aliphatic carbocycles. The third-order valence-electron chi connectivity index (χ3n) is 5.87. The van der Waals surface area contributed by atoms with Gasteiger partial charge in [0.2, 0.25) is 11.8 Å². The zero-order chi connectivity index (χ0) is 24.1. The van der Waals surface area contributed by atoms with Crippen LogP contribution in [0.3, 0.4) is 0 Å². The maximum atomic E-state index is 14.5. The van der Waals surface area contributed by atoms with E-state index in [0.717, 1.165) is 25.7 Å². The van der Waals surface area contributed by atoms with E-state index in [4.69, 9.17) is 4.42 Å². The van der Waals surface area contributed by atoms with Crippen molar-refractivity contribution < 1.29 is 23.2 Å². The van der Waals surface area contributed by atoms with Gasteiger partial charge in [0.25, 0.3) is 5.91 Å². The lowest BCUT2D eigenvalue weighted by molar-refractivity contribution is -0.126. The predicted octanol–water partition coefficient (Wildman–Crippen LogP) is 4.35. The maximum absolute atomic E-state index is 14.5. The third-order valence-corrected chi connectivity index (χ3v) is 6.79. The fraction of sp³-hybridized carbons (Fsp3) is 0.320. The van der Waals surface area contributed by atoms with Crippen LogP contribution < -0.4 is 15.5 Å². The van der Waals surface area contributed by atoms with E-state index in [2.05, 4.69) is 10.6 Å². The van der Waals surface area contributed by atoms with E-state index in [0.29, 0.717) is 10.4 Å². The van der Waals surface area contributed by atoms with Crippen molar-refractivity contribution >= 4 is 34.7 Å². The number of hydrogen-bond donors (Lipinski definition) is 2. The van der Waals surface area contributed by atoms with Crippen molar-refractivity contribution in [1.29, 1.82) is 0 Å². The SMILES string of the molecule is Cc1ccc(N(C(=O)CNC(=O)c2ccco2)[C@@H](C(=O)NC2CCCC2)c2cccs2)cc1F. The molecule has 7 nitrogen and oxygen atoms in total. The molecule has 3 amide bonds. The number of carbonyl (C=O) groups is 3. The summed E-state index contributed by atoms with van der Waals surface area (Å²) in [5.41, 5.74) is 0.658. The monoisotopic (exact) mass is 483 g/mol. The Balaban J connectivity index is 1.66. The summed E-state index contributed by atoms with van der Waals surface area (Å²) in [5, 5.41) is 7.41. The van der Waals surface area contributed by atoms with E-state index in [1.807, 2.05) is 5.38 Å². The molecule has 1 aliphatic rings. The van der Waals surface area contributed by atoms with Crippen LogP contribution >= 0.6 is 11.3 Å². The van der Waals surface area contributed by atoms with Gasteiger partial charge in [0.1, 0.15) is 11.9 Å². The summed E-state index contributed by atoms with van der Waals surface area (Å²) >= 11 is 1.34. The van der Waals surface area contributed by atoms with Crippen LogP contribution in [0, 0.1) is 12.7 Å². The minimum absolute atomic E-state index is 0.0420. The first-order valence-electron chi connectivity index (χ1n) is 11.2. The van der Waals surface area contributed by atoms with Gasteiger partial charge in [0.15, 0.2) is 5.76 Å². The van der Waals surface area contributed by atoms with Crippen LogP contribution in [0.5, 0.6) is 0 Å². The number of carbonyl (C=O) groups excluding carboxylic acids is 3. The number of benzene rings is 1. The summed E-state index contributed by atoms with van der Waals surface area (Å²) in [6, 6.07) is 10.1. The van der Waals surface area contributed by atoms with Crippen LogP contribution in [-0.4, -0.2) is 30.3 Å². The number of halogens is 1. The van der Waals surface area contributed by atoms with Gasteiger partial charge in [-0.15, -0.1) is 11.3 Å². The Kier molecular flexibility index (Phi) is 7.42. The fourth-order valence-electron chi connectivity index (χ4n) is 4.08. The van der Waals surface area contributed by atoms with Crippen molar-refractivity contribution in [3.05, 3.63) is 76.1 Å². The molecular formula is C25H26FN3O4S. The van der Waals surface area contributed by atoms with Crippen LogP contribution in [0.1, 0.15) is 52.7 Å². The van der Waals surface area contributed by atoms with Crippen LogP contribution in [-0.2, 0) is 9.59 Å². The molecule has 4 rings (SSSR count). The molecule has 0 radical (unpaired) electrons. The molecule has 0 bridgehead atoms. The predicted molar refractivity (Wildman–Crippen MR) is 127 cm³/mol. The van der Waals surface area contributed by atoms with Gasteiger partial charge in [-0.1, -0.05) is 25.0 Å². The average Bonchev–Trinajstić information content (AvgIpc) is 3.61. The summed E-state index contributed by atoms with van der Waals surface area (Å²) in [7, 11) is 0. The third kappa shape index (κ3) is 5.36. The van der Waals surface area contributed by atoms with Gasteiger partial charge < -0.3 is 15.1 Å². The van der Waals surface area contributed by atoms with Gasteiger partial charge in [-0.05, 0) is 61.0 Å². The standard InChI is InChI=1S/C25H26FN3O4S/c1-16-10-11-18(14-19(16)26)29(22(30)15-27-24(31)20-8-4-12-33-20)23(21-9-5-13-34-21)25(32)28-17-6-2-3-7-17/h4-5,8-14,17,23H,2-3,6-7,15H2,1H3,(H,27,31)(H,28,32)/t23-/m1/s1. The number of thiophene rings is 1. The number of amides is 3. The molecular weight excluding hydrogens is 457 g/mol. The Morgan fingerprint density at radius 3 is 2.62 bits per heavy atom. The van der Waals surface area contributed by atoms with Gasteiger partial charge in [0.05, 0.1) is 12.8 Å². The van der Waals surface area contributed by atoms with Crippen molar-refractivity contribution in [2.24, 2.45) is 0 Å². The second kappa shape index (κ2) is 10.6. The number of nitrogens with one attached hydrogen (secondary N) is 2. The number of anilines is 1. The van der Waals surface area contributed by atoms with Crippen molar-refractivity contribution in [2.75, 3.05) is 11.4 Å². The molecule has 3 aromatic rings. The van der Waals surface area contributed by atoms with Crippen LogP contribution in [0.15, 0.2) is 58.5 Å². The smallest absolute Gasteiger partial charge is 0.287 e. The van der Waals surface area contributed by atoms with E-state index >= 15 is 0 Å². The van der Waals surface area contributed by atoms with Crippen molar-refractivity contribution in [2.45, 2.75) is 44.7 Å². The molecule has 1 atom stereocenters. The zero-order valence-electron chi connectivity index (χ0n) is 18.8. The number of hydrogen-bond acceptors (Lipinski definition) is 5. The molecule has 2 heterocycles. The average molecular weight is 484 g/mol. The second-order valence-corrected chi connectivity index (χ2v) is 9.24. The van der Waals surface area contributed by atoms with E-state index in [1.54, 1.807) is 37.3 Å². The summed E-state index contributed by atoms with van der Waals surface area (Å²) in [4.78, 5) is 41.2. The highest BCUT2D eigenvalue weighted by Gasteiger charge is 2.35. The highest BCUT2D eigenvalue weighted by molar-refractivity contribution is 7.10. The van der Waals surface area contributed by atoms with Gasteiger partial charge in [0, 0.05) is 16.6 Å². The molecule has 0 spiro atoms. The maximum Gasteiger partial charge on any atom is 0.287 e. The molecule has 178 valence electrons. The van der Waals surface area contributed by atoms with E-state index in [1.165, 1.54) is 34.6 Å². The lowest BCUT2D eigenvalue weighted by atomic mass is 10.1. The Bertz CT molecular complexity index is 1140. The lowest BCUT2D eigenvalue weighted by Crippen LogP contribution is -2.49.